The van der Waals surface area contributed by atoms with Crippen LogP contribution in [0.4, 0.5) is 5.95 Å². The number of hydrogen-bond acceptors (Lipinski definition) is 4. The van der Waals surface area contributed by atoms with Crippen molar-refractivity contribution in [2.75, 3.05) is 16.8 Å². The Balaban J connectivity index is 1.77. The number of anilines is 1. The molecule has 1 aromatic heterocycles. The maximum atomic E-state index is 11.7. The van der Waals surface area contributed by atoms with Crippen LogP contribution in [0.15, 0.2) is 6.20 Å². The summed E-state index contributed by atoms with van der Waals surface area (Å²) in [5, 5.41) is 3.53. The van der Waals surface area contributed by atoms with Gasteiger partial charge >= 0.3 is 0 Å². The van der Waals surface area contributed by atoms with Gasteiger partial charge in [0.05, 0.1) is 23.2 Å². The Labute approximate surface area is 120 Å². The molecule has 0 radical (unpaired) electrons. The van der Waals surface area contributed by atoms with E-state index in [1.807, 2.05) is 13.1 Å². The number of nitrogens with zero attached hydrogens (tertiary/aromatic N) is 2. The van der Waals surface area contributed by atoms with E-state index in [1.54, 1.807) is 0 Å². The van der Waals surface area contributed by atoms with Crippen molar-refractivity contribution in [2.24, 2.45) is 0 Å². The summed E-state index contributed by atoms with van der Waals surface area (Å²) in [6.45, 7) is 1.96. The van der Waals surface area contributed by atoms with Gasteiger partial charge in [0.15, 0.2) is 9.84 Å². The van der Waals surface area contributed by atoms with Crippen molar-refractivity contribution in [3.05, 3.63) is 11.9 Å². The highest BCUT2D eigenvalue weighted by molar-refractivity contribution is 7.91. The summed E-state index contributed by atoms with van der Waals surface area (Å²) >= 11 is 0. The first-order valence-corrected chi connectivity index (χ1v) is 9.38. The standard InChI is InChI=1S/C14H23N3O2S/c1-11-9-17(13-7-8-20(18,19)10-13)14(15-11)16-12-5-3-2-4-6-12/h9,12-13H,2-8,10H2,1H3,(H,15,16). The summed E-state index contributed by atoms with van der Waals surface area (Å²) in [6, 6.07) is 0.537. The van der Waals surface area contributed by atoms with E-state index in [0.29, 0.717) is 18.2 Å². The van der Waals surface area contributed by atoms with Crippen LogP contribution in [0.25, 0.3) is 0 Å². The highest BCUT2D eigenvalue weighted by Crippen LogP contribution is 2.29. The lowest BCUT2D eigenvalue weighted by Gasteiger charge is -2.24. The largest absolute Gasteiger partial charge is 0.353 e. The summed E-state index contributed by atoms with van der Waals surface area (Å²) in [6.07, 6.45) is 8.94. The number of nitrogens with one attached hydrogen (secondary N) is 1. The average Bonchev–Trinajstić information content (AvgIpc) is 2.93. The van der Waals surface area contributed by atoms with Crippen molar-refractivity contribution in [1.29, 1.82) is 0 Å². The Kier molecular flexibility index (Phi) is 3.75. The van der Waals surface area contributed by atoms with Crippen LogP contribution >= 0.6 is 0 Å². The Hall–Kier alpha value is -1.04. The Bertz CT molecular complexity index is 573. The molecule has 0 bridgehead atoms. The van der Waals surface area contributed by atoms with Crippen LogP contribution in [0.3, 0.4) is 0 Å². The molecule has 0 amide bonds. The first-order chi connectivity index (χ1) is 9.53. The molecular formula is C14H23N3O2S. The maximum Gasteiger partial charge on any atom is 0.203 e. The van der Waals surface area contributed by atoms with Gasteiger partial charge in [-0.1, -0.05) is 19.3 Å². The highest BCUT2D eigenvalue weighted by atomic mass is 32.2. The molecule has 20 heavy (non-hydrogen) atoms. The van der Waals surface area contributed by atoms with E-state index in [9.17, 15) is 8.42 Å². The zero-order valence-corrected chi connectivity index (χ0v) is 12.8. The maximum absolute atomic E-state index is 11.7. The lowest BCUT2D eigenvalue weighted by atomic mass is 9.96. The summed E-state index contributed by atoms with van der Waals surface area (Å²) < 4.78 is 25.4. The number of aromatic nitrogens is 2. The number of sulfone groups is 1. The fourth-order valence-corrected chi connectivity index (χ4v) is 5.04. The van der Waals surface area contributed by atoms with Gasteiger partial charge in [-0.15, -0.1) is 0 Å². The second-order valence-corrected chi connectivity index (χ2v) is 8.38. The average molecular weight is 297 g/mol. The van der Waals surface area contributed by atoms with Crippen LogP contribution in [-0.4, -0.2) is 35.5 Å². The number of imidazole rings is 1. The number of hydrogen-bond donors (Lipinski definition) is 1. The van der Waals surface area contributed by atoms with E-state index >= 15 is 0 Å². The molecule has 1 saturated heterocycles. The van der Waals surface area contributed by atoms with Gasteiger partial charge in [-0.2, -0.15) is 0 Å². The van der Waals surface area contributed by atoms with Crippen molar-refractivity contribution in [3.63, 3.8) is 0 Å². The summed E-state index contributed by atoms with van der Waals surface area (Å²) in [5.74, 6) is 1.41. The van der Waals surface area contributed by atoms with Crippen molar-refractivity contribution >= 4 is 15.8 Å². The monoisotopic (exact) mass is 297 g/mol. The Morgan fingerprint density at radius 1 is 1.25 bits per heavy atom. The zero-order chi connectivity index (χ0) is 14.2. The molecule has 1 N–H and O–H groups in total. The van der Waals surface area contributed by atoms with Crippen LogP contribution in [0.5, 0.6) is 0 Å². The van der Waals surface area contributed by atoms with Crippen molar-refractivity contribution in [3.8, 4) is 0 Å². The molecule has 112 valence electrons. The minimum atomic E-state index is -2.86. The Morgan fingerprint density at radius 2 is 2.00 bits per heavy atom. The SMILES string of the molecule is Cc1cn(C2CCS(=O)(=O)C2)c(NC2CCCCC2)n1. The third-order valence-electron chi connectivity index (χ3n) is 4.39. The van der Waals surface area contributed by atoms with Crippen LogP contribution in [0.2, 0.25) is 0 Å². The van der Waals surface area contributed by atoms with E-state index in [0.717, 1.165) is 11.6 Å². The fourth-order valence-electron chi connectivity index (χ4n) is 3.33. The molecule has 2 aliphatic rings. The summed E-state index contributed by atoms with van der Waals surface area (Å²) in [4.78, 5) is 4.55. The molecule has 0 spiro atoms. The van der Waals surface area contributed by atoms with Gasteiger partial charge in [0.25, 0.3) is 0 Å². The van der Waals surface area contributed by atoms with Gasteiger partial charge in [0, 0.05) is 12.2 Å². The lowest BCUT2D eigenvalue weighted by Crippen LogP contribution is -2.25. The van der Waals surface area contributed by atoms with Crippen molar-refractivity contribution in [2.45, 2.75) is 57.5 Å². The van der Waals surface area contributed by atoms with Gasteiger partial charge < -0.3 is 9.88 Å². The molecule has 1 unspecified atom stereocenters. The third kappa shape index (κ3) is 3.00. The summed E-state index contributed by atoms with van der Waals surface area (Å²) in [7, 11) is -2.86. The van der Waals surface area contributed by atoms with E-state index < -0.39 is 9.84 Å². The van der Waals surface area contributed by atoms with Crippen molar-refractivity contribution < 1.29 is 8.42 Å². The second kappa shape index (κ2) is 5.39. The van der Waals surface area contributed by atoms with Gasteiger partial charge in [0.2, 0.25) is 5.95 Å². The molecule has 1 aliphatic carbocycles. The Morgan fingerprint density at radius 3 is 2.65 bits per heavy atom. The van der Waals surface area contributed by atoms with E-state index in [2.05, 4.69) is 14.9 Å². The smallest absolute Gasteiger partial charge is 0.203 e. The molecular weight excluding hydrogens is 274 g/mol. The lowest BCUT2D eigenvalue weighted by molar-refractivity contribution is 0.456. The molecule has 5 nitrogen and oxygen atoms in total. The van der Waals surface area contributed by atoms with Gasteiger partial charge in [0.1, 0.15) is 0 Å². The number of rotatable bonds is 3. The van der Waals surface area contributed by atoms with Crippen LogP contribution in [0.1, 0.15) is 50.3 Å². The minimum Gasteiger partial charge on any atom is -0.353 e. The minimum absolute atomic E-state index is 0.0484. The topological polar surface area (TPSA) is 64.0 Å². The molecule has 1 atom stereocenters. The molecule has 1 saturated carbocycles. The first kappa shape index (κ1) is 13.9. The van der Waals surface area contributed by atoms with Gasteiger partial charge in [-0.25, -0.2) is 13.4 Å². The zero-order valence-electron chi connectivity index (χ0n) is 12.0. The predicted molar refractivity (Wildman–Crippen MR) is 79.8 cm³/mol. The molecule has 2 fully saturated rings. The molecule has 1 aromatic rings. The van der Waals surface area contributed by atoms with Crippen LogP contribution in [-0.2, 0) is 9.84 Å². The fraction of sp³-hybridized carbons (Fsp3) is 0.786. The van der Waals surface area contributed by atoms with Crippen molar-refractivity contribution in [1.82, 2.24) is 9.55 Å². The highest BCUT2D eigenvalue weighted by Gasteiger charge is 2.31. The van der Waals surface area contributed by atoms with Crippen LogP contribution < -0.4 is 5.32 Å². The van der Waals surface area contributed by atoms with Crippen LogP contribution in [0, 0.1) is 6.92 Å². The molecule has 6 heteroatoms. The van der Waals surface area contributed by atoms with Gasteiger partial charge in [-0.3, -0.25) is 0 Å². The second-order valence-electron chi connectivity index (χ2n) is 6.15. The predicted octanol–water partition coefficient (Wildman–Crippen LogP) is 2.30. The molecule has 3 rings (SSSR count). The first-order valence-electron chi connectivity index (χ1n) is 7.56. The molecule has 0 aromatic carbocycles. The molecule has 1 aliphatic heterocycles. The van der Waals surface area contributed by atoms with E-state index in [-0.39, 0.29) is 11.8 Å². The van der Waals surface area contributed by atoms with Gasteiger partial charge in [-0.05, 0) is 26.2 Å². The third-order valence-corrected chi connectivity index (χ3v) is 6.14. The van der Waals surface area contributed by atoms with E-state index in [1.165, 1.54) is 32.1 Å². The summed E-state index contributed by atoms with van der Waals surface area (Å²) in [5.41, 5.74) is 0.951. The number of aryl methyl sites for hydroxylation is 1. The van der Waals surface area contributed by atoms with E-state index in [4.69, 9.17) is 0 Å². The normalized spacial score (nSPS) is 26.8. The molecule has 2 heterocycles. The quantitative estimate of drug-likeness (QED) is 0.930.